The molecule has 20 heavy (non-hydrogen) atoms. The fourth-order valence-corrected chi connectivity index (χ4v) is 2.21. The van der Waals surface area contributed by atoms with Crippen molar-refractivity contribution in [3.63, 3.8) is 0 Å². The molecule has 3 nitrogen and oxygen atoms in total. The monoisotopic (exact) mass is 292 g/mol. The number of benzene rings is 2. The zero-order valence-corrected chi connectivity index (χ0v) is 11.6. The average molecular weight is 292 g/mol. The van der Waals surface area contributed by atoms with Gasteiger partial charge in [-0.2, -0.15) is 0 Å². The Bertz CT molecular complexity index is 614. The Balaban J connectivity index is 2.26. The summed E-state index contributed by atoms with van der Waals surface area (Å²) in [6, 6.07) is 11.8. The van der Waals surface area contributed by atoms with Crippen LogP contribution in [-0.4, -0.2) is 17.3 Å². The van der Waals surface area contributed by atoms with Gasteiger partial charge in [0.25, 0.3) is 0 Å². The molecule has 0 bridgehead atoms. The molecule has 104 valence electrons. The standard InChI is InChI=1S/C15H13FO3S/c1-20-13-8-11(15(17)18)7-12(14(13)16)19-9-10-5-3-2-4-6-10/h2-8H,9H2,1H3,(H,17,18). The molecule has 2 rings (SSSR count). The summed E-state index contributed by atoms with van der Waals surface area (Å²) in [5.74, 6) is -1.68. The number of aromatic carboxylic acids is 1. The van der Waals surface area contributed by atoms with Crippen LogP contribution in [0.3, 0.4) is 0 Å². The largest absolute Gasteiger partial charge is 0.486 e. The number of carboxylic acid groups (broad SMARTS) is 1. The molecular weight excluding hydrogens is 279 g/mol. The van der Waals surface area contributed by atoms with Crippen LogP contribution in [-0.2, 0) is 6.61 Å². The number of thioether (sulfide) groups is 1. The van der Waals surface area contributed by atoms with Crippen molar-refractivity contribution in [2.24, 2.45) is 0 Å². The van der Waals surface area contributed by atoms with Crippen LogP contribution in [0, 0.1) is 5.82 Å². The first-order valence-electron chi connectivity index (χ1n) is 5.89. The van der Waals surface area contributed by atoms with Crippen molar-refractivity contribution in [1.82, 2.24) is 0 Å². The van der Waals surface area contributed by atoms with Crippen LogP contribution < -0.4 is 4.74 Å². The maximum atomic E-state index is 14.1. The highest BCUT2D eigenvalue weighted by Crippen LogP contribution is 2.29. The number of hydrogen-bond donors (Lipinski definition) is 1. The first kappa shape index (κ1) is 14.4. The summed E-state index contributed by atoms with van der Waals surface area (Å²) < 4.78 is 19.5. The molecule has 0 aliphatic heterocycles. The Morgan fingerprint density at radius 2 is 2.00 bits per heavy atom. The Labute approximate surface area is 120 Å². The van der Waals surface area contributed by atoms with E-state index in [2.05, 4.69) is 0 Å². The maximum absolute atomic E-state index is 14.1. The van der Waals surface area contributed by atoms with Gasteiger partial charge in [-0.1, -0.05) is 30.3 Å². The number of rotatable bonds is 5. The average Bonchev–Trinajstić information content (AvgIpc) is 2.47. The normalized spacial score (nSPS) is 10.3. The lowest BCUT2D eigenvalue weighted by molar-refractivity contribution is 0.0696. The first-order chi connectivity index (χ1) is 9.61. The highest BCUT2D eigenvalue weighted by molar-refractivity contribution is 7.98. The van der Waals surface area contributed by atoms with E-state index in [1.807, 2.05) is 30.3 Å². The van der Waals surface area contributed by atoms with E-state index in [4.69, 9.17) is 9.84 Å². The lowest BCUT2D eigenvalue weighted by atomic mass is 10.2. The van der Waals surface area contributed by atoms with Gasteiger partial charge in [-0.25, -0.2) is 9.18 Å². The van der Waals surface area contributed by atoms with Gasteiger partial charge in [-0.05, 0) is 24.0 Å². The molecule has 0 radical (unpaired) electrons. The van der Waals surface area contributed by atoms with E-state index in [0.29, 0.717) is 0 Å². The smallest absolute Gasteiger partial charge is 0.335 e. The molecule has 0 fully saturated rings. The molecule has 2 aromatic carbocycles. The predicted molar refractivity (Wildman–Crippen MR) is 75.9 cm³/mol. The second-order valence-corrected chi connectivity index (χ2v) is 4.92. The van der Waals surface area contributed by atoms with E-state index in [1.165, 1.54) is 12.1 Å². The van der Waals surface area contributed by atoms with Crippen LogP contribution in [0.25, 0.3) is 0 Å². The maximum Gasteiger partial charge on any atom is 0.335 e. The minimum atomic E-state index is -1.11. The Morgan fingerprint density at radius 1 is 1.30 bits per heavy atom. The third-order valence-corrected chi connectivity index (χ3v) is 3.45. The van der Waals surface area contributed by atoms with Crippen molar-refractivity contribution in [3.05, 3.63) is 59.4 Å². The van der Waals surface area contributed by atoms with Gasteiger partial charge >= 0.3 is 5.97 Å². The molecule has 0 unspecified atom stereocenters. The van der Waals surface area contributed by atoms with E-state index in [-0.39, 0.29) is 22.8 Å². The predicted octanol–water partition coefficient (Wildman–Crippen LogP) is 3.82. The quantitative estimate of drug-likeness (QED) is 0.851. The van der Waals surface area contributed by atoms with Gasteiger partial charge in [0.1, 0.15) is 6.61 Å². The molecule has 0 amide bonds. The highest BCUT2D eigenvalue weighted by atomic mass is 32.2. The molecule has 0 saturated carbocycles. The van der Waals surface area contributed by atoms with Crippen molar-refractivity contribution < 1.29 is 19.0 Å². The number of hydrogen-bond acceptors (Lipinski definition) is 3. The molecule has 0 saturated heterocycles. The summed E-state index contributed by atoms with van der Waals surface area (Å²) in [6.45, 7) is 0.189. The minimum Gasteiger partial charge on any atom is -0.486 e. The van der Waals surface area contributed by atoms with Crippen LogP contribution in [0.2, 0.25) is 0 Å². The van der Waals surface area contributed by atoms with Gasteiger partial charge in [0.2, 0.25) is 0 Å². The zero-order chi connectivity index (χ0) is 14.5. The number of halogens is 1. The van der Waals surface area contributed by atoms with Gasteiger partial charge in [0, 0.05) is 4.90 Å². The lowest BCUT2D eigenvalue weighted by Gasteiger charge is -2.10. The van der Waals surface area contributed by atoms with Crippen molar-refractivity contribution in [1.29, 1.82) is 0 Å². The van der Waals surface area contributed by atoms with Crippen molar-refractivity contribution >= 4 is 17.7 Å². The molecule has 1 N–H and O–H groups in total. The van der Waals surface area contributed by atoms with Crippen LogP contribution in [0.1, 0.15) is 15.9 Å². The van der Waals surface area contributed by atoms with Gasteiger partial charge < -0.3 is 9.84 Å². The fourth-order valence-electron chi connectivity index (χ4n) is 1.68. The summed E-state index contributed by atoms with van der Waals surface area (Å²) in [5.41, 5.74) is 0.900. The lowest BCUT2D eigenvalue weighted by Crippen LogP contribution is -2.03. The van der Waals surface area contributed by atoms with Crippen LogP contribution in [0.4, 0.5) is 4.39 Å². The Kier molecular flexibility index (Phi) is 4.63. The van der Waals surface area contributed by atoms with Crippen molar-refractivity contribution in [3.8, 4) is 5.75 Å². The van der Waals surface area contributed by atoms with E-state index in [0.717, 1.165) is 17.3 Å². The second kappa shape index (κ2) is 6.43. The van der Waals surface area contributed by atoms with E-state index >= 15 is 0 Å². The van der Waals surface area contributed by atoms with Crippen LogP contribution in [0.5, 0.6) is 5.75 Å². The van der Waals surface area contributed by atoms with Crippen molar-refractivity contribution in [2.75, 3.05) is 6.26 Å². The van der Waals surface area contributed by atoms with Crippen LogP contribution in [0.15, 0.2) is 47.4 Å². The van der Waals surface area contributed by atoms with Crippen molar-refractivity contribution in [2.45, 2.75) is 11.5 Å². The van der Waals surface area contributed by atoms with E-state index < -0.39 is 11.8 Å². The Morgan fingerprint density at radius 3 is 2.60 bits per heavy atom. The molecular formula is C15H13FO3S. The van der Waals surface area contributed by atoms with Gasteiger partial charge in [0.15, 0.2) is 11.6 Å². The zero-order valence-electron chi connectivity index (χ0n) is 10.8. The topological polar surface area (TPSA) is 46.5 Å². The summed E-state index contributed by atoms with van der Waals surface area (Å²) in [4.78, 5) is 11.3. The molecule has 0 aliphatic rings. The summed E-state index contributed by atoms with van der Waals surface area (Å²) in [7, 11) is 0. The Hall–Kier alpha value is -2.01. The number of carboxylic acids is 1. The molecule has 2 aromatic rings. The first-order valence-corrected chi connectivity index (χ1v) is 7.12. The summed E-state index contributed by atoms with van der Waals surface area (Å²) >= 11 is 1.14. The molecule has 0 aromatic heterocycles. The van der Waals surface area contributed by atoms with E-state index in [1.54, 1.807) is 6.26 Å². The number of carbonyl (C=O) groups is 1. The second-order valence-electron chi connectivity index (χ2n) is 4.07. The van der Waals surface area contributed by atoms with Gasteiger partial charge in [-0.15, -0.1) is 11.8 Å². The molecule has 0 atom stereocenters. The molecule has 0 spiro atoms. The minimum absolute atomic E-state index is 0.0128. The fraction of sp³-hybridized carbons (Fsp3) is 0.133. The third kappa shape index (κ3) is 3.30. The van der Waals surface area contributed by atoms with Gasteiger partial charge in [-0.3, -0.25) is 0 Å². The third-order valence-electron chi connectivity index (χ3n) is 2.71. The highest BCUT2D eigenvalue weighted by Gasteiger charge is 2.15. The molecule has 0 heterocycles. The summed E-state index contributed by atoms with van der Waals surface area (Å²) in [6.07, 6.45) is 1.69. The number of ether oxygens (including phenoxy) is 1. The molecule has 5 heteroatoms. The van der Waals surface area contributed by atoms with E-state index in [9.17, 15) is 9.18 Å². The van der Waals surface area contributed by atoms with Crippen LogP contribution >= 0.6 is 11.8 Å². The van der Waals surface area contributed by atoms with Gasteiger partial charge in [0.05, 0.1) is 5.56 Å². The SMILES string of the molecule is CSc1cc(C(=O)O)cc(OCc2ccccc2)c1F. The summed E-state index contributed by atoms with van der Waals surface area (Å²) in [5, 5.41) is 9.02. The molecule has 0 aliphatic carbocycles.